The topological polar surface area (TPSA) is 70.7 Å². The van der Waals surface area contributed by atoms with Crippen molar-refractivity contribution in [2.24, 2.45) is 0 Å². The highest BCUT2D eigenvalue weighted by molar-refractivity contribution is 6.29. The standard InChI is InChI=1S/C18H13ClN4O/c19-16-9-12(2-4-21-16)14-7-11(10-20)6-13-8-15-18(24)22-3-1-5-23(15)17(13)14/h2,4,6-9H,1,3,5H2,(H,22,24). The number of carbonyl (C=O) groups is 1. The number of hydrogen-bond donors (Lipinski definition) is 1. The maximum Gasteiger partial charge on any atom is 0.267 e. The smallest absolute Gasteiger partial charge is 0.267 e. The monoisotopic (exact) mass is 336 g/mol. The van der Waals surface area contributed by atoms with Crippen molar-refractivity contribution in [3.05, 3.63) is 52.9 Å². The summed E-state index contributed by atoms with van der Waals surface area (Å²) in [5.74, 6) is -0.0825. The first kappa shape index (κ1) is 14.7. The van der Waals surface area contributed by atoms with E-state index in [1.54, 1.807) is 12.3 Å². The zero-order valence-corrected chi connectivity index (χ0v) is 13.5. The number of rotatable bonds is 1. The molecule has 1 aromatic carbocycles. The number of nitrogens with one attached hydrogen (secondary N) is 1. The van der Waals surface area contributed by atoms with Gasteiger partial charge in [0.2, 0.25) is 0 Å². The van der Waals surface area contributed by atoms with Gasteiger partial charge in [-0.1, -0.05) is 11.6 Å². The molecule has 0 unspecified atom stereocenters. The number of fused-ring (bicyclic) bond motifs is 3. The zero-order chi connectivity index (χ0) is 16.7. The lowest BCUT2D eigenvalue weighted by Gasteiger charge is -2.11. The summed E-state index contributed by atoms with van der Waals surface area (Å²) < 4.78 is 2.03. The van der Waals surface area contributed by atoms with E-state index in [-0.39, 0.29) is 5.91 Å². The summed E-state index contributed by atoms with van der Waals surface area (Å²) in [7, 11) is 0. The fourth-order valence-corrected chi connectivity index (χ4v) is 3.39. The van der Waals surface area contributed by atoms with Crippen LogP contribution in [0.5, 0.6) is 0 Å². The van der Waals surface area contributed by atoms with Gasteiger partial charge >= 0.3 is 0 Å². The molecule has 118 valence electrons. The van der Waals surface area contributed by atoms with E-state index in [2.05, 4.69) is 16.4 Å². The van der Waals surface area contributed by atoms with E-state index in [4.69, 9.17) is 11.6 Å². The van der Waals surface area contributed by atoms with Gasteiger partial charge in [0.15, 0.2) is 0 Å². The molecule has 0 saturated heterocycles. The number of halogens is 1. The van der Waals surface area contributed by atoms with Gasteiger partial charge < -0.3 is 9.88 Å². The van der Waals surface area contributed by atoms with Gasteiger partial charge in [0.25, 0.3) is 5.91 Å². The Kier molecular flexibility index (Phi) is 3.47. The van der Waals surface area contributed by atoms with Gasteiger partial charge in [0.1, 0.15) is 10.8 Å². The number of nitrogens with zero attached hydrogens (tertiary/aromatic N) is 3. The largest absolute Gasteiger partial charge is 0.351 e. The van der Waals surface area contributed by atoms with Crippen molar-refractivity contribution in [1.82, 2.24) is 14.9 Å². The van der Waals surface area contributed by atoms with Crippen molar-refractivity contribution < 1.29 is 4.79 Å². The normalized spacial score (nSPS) is 13.9. The summed E-state index contributed by atoms with van der Waals surface area (Å²) in [4.78, 5) is 16.3. The zero-order valence-electron chi connectivity index (χ0n) is 12.7. The van der Waals surface area contributed by atoms with E-state index in [1.807, 2.05) is 28.8 Å². The van der Waals surface area contributed by atoms with Crippen molar-refractivity contribution >= 4 is 28.4 Å². The molecular weight excluding hydrogens is 324 g/mol. The molecule has 6 heteroatoms. The first-order valence-corrected chi connectivity index (χ1v) is 8.02. The number of carbonyl (C=O) groups excluding carboxylic acids is 1. The third kappa shape index (κ3) is 2.32. The van der Waals surface area contributed by atoms with Gasteiger partial charge in [-0.05, 0) is 42.3 Å². The van der Waals surface area contributed by atoms with Crippen molar-refractivity contribution in [3.8, 4) is 17.2 Å². The van der Waals surface area contributed by atoms with E-state index in [9.17, 15) is 10.1 Å². The maximum atomic E-state index is 12.3. The fraction of sp³-hybridized carbons (Fsp3) is 0.167. The highest BCUT2D eigenvalue weighted by atomic mass is 35.5. The van der Waals surface area contributed by atoms with Crippen molar-refractivity contribution in [2.75, 3.05) is 6.54 Å². The summed E-state index contributed by atoms with van der Waals surface area (Å²) in [6, 6.07) is 11.3. The van der Waals surface area contributed by atoms with Crippen LogP contribution in [0.2, 0.25) is 5.15 Å². The molecule has 1 N–H and O–H groups in total. The first-order valence-electron chi connectivity index (χ1n) is 7.65. The average Bonchev–Trinajstić information content (AvgIpc) is 2.86. The van der Waals surface area contributed by atoms with Gasteiger partial charge in [0, 0.05) is 30.2 Å². The molecule has 0 saturated carbocycles. The third-order valence-corrected chi connectivity index (χ3v) is 4.44. The van der Waals surface area contributed by atoms with Gasteiger partial charge in [-0.15, -0.1) is 0 Å². The lowest BCUT2D eigenvalue weighted by molar-refractivity contribution is 0.0951. The minimum Gasteiger partial charge on any atom is -0.351 e. The molecule has 0 atom stereocenters. The Bertz CT molecular complexity index is 1020. The fourth-order valence-electron chi connectivity index (χ4n) is 3.22. The molecule has 1 amide bonds. The number of aromatic nitrogens is 2. The third-order valence-electron chi connectivity index (χ3n) is 4.24. The Morgan fingerprint density at radius 2 is 2.17 bits per heavy atom. The molecule has 0 fully saturated rings. The number of nitriles is 1. The first-order chi connectivity index (χ1) is 11.7. The van der Waals surface area contributed by atoms with Crippen molar-refractivity contribution in [2.45, 2.75) is 13.0 Å². The van der Waals surface area contributed by atoms with Gasteiger partial charge in [-0.25, -0.2) is 4.98 Å². The quantitative estimate of drug-likeness (QED) is 0.693. The number of benzene rings is 1. The minimum absolute atomic E-state index is 0.0825. The number of pyridine rings is 1. The Labute approximate surface area is 143 Å². The second-order valence-corrected chi connectivity index (χ2v) is 6.12. The van der Waals surface area contributed by atoms with E-state index in [0.29, 0.717) is 23.0 Å². The van der Waals surface area contributed by atoms with Crippen LogP contribution in [-0.4, -0.2) is 22.0 Å². The van der Waals surface area contributed by atoms with Gasteiger partial charge in [0.05, 0.1) is 17.1 Å². The van der Waals surface area contributed by atoms with Crippen LogP contribution in [0.1, 0.15) is 22.5 Å². The molecule has 0 spiro atoms. The molecule has 0 radical (unpaired) electrons. The summed E-state index contributed by atoms with van der Waals surface area (Å²) >= 11 is 6.04. The number of hydrogen-bond acceptors (Lipinski definition) is 3. The predicted molar refractivity (Wildman–Crippen MR) is 91.8 cm³/mol. The molecule has 24 heavy (non-hydrogen) atoms. The molecule has 0 bridgehead atoms. The van der Waals surface area contributed by atoms with Gasteiger partial charge in [-0.3, -0.25) is 4.79 Å². The van der Waals surface area contributed by atoms with Crippen LogP contribution < -0.4 is 5.32 Å². The van der Waals surface area contributed by atoms with Crippen molar-refractivity contribution in [1.29, 1.82) is 5.26 Å². The Morgan fingerprint density at radius 3 is 2.96 bits per heavy atom. The average molecular weight is 337 g/mol. The number of aryl methyl sites for hydroxylation is 1. The Hall–Kier alpha value is -2.84. The predicted octanol–water partition coefficient (Wildman–Crippen LogP) is 3.36. The highest BCUT2D eigenvalue weighted by Gasteiger charge is 2.21. The van der Waals surface area contributed by atoms with E-state index in [1.165, 1.54) is 0 Å². The Morgan fingerprint density at radius 1 is 1.29 bits per heavy atom. The summed E-state index contributed by atoms with van der Waals surface area (Å²) in [6.07, 6.45) is 2.50. The summed E-state index contributed by atoms with van der Waals surface area (Å²) in [6.45, 7) is 1.41. The van der Waals surface area contributed by atoms with Crippen LogP contribution in [0.15, 0.2) is 36.5 Å². The molecule has 1 aliphatic rings. The molecule has 5 nitrogen and oxygen atoms in total. The molecule has 1 aliphatic heterocycles. The van der Waals surface area contributed by atoms with Crippen LogP contribution in [0.3, 0.4) is 0 Å². The van der Waals surface area contributed by atoms with E-state index >= 15 is 0 Å². The highest BCUT2D eigenvalue weighted by Crippen LogP contribution is 2.34. The lowest BCUT2D eigenvalue weighted by Crippen LogP contribution is -2.22. The summed E-state index contributed by atoms with van der Waals surface area (Å²) in [5, 5.41) is 13.5. The second-order valence-electron chi connectivity index (χ2n) is 5.73. The maximum absolute atomic E-state index is 12.3. The van der Waals surface area contributed by atoms with Crippen LogP contribution >= 0.6 is 11.6 Å². The van der Waals surface area contributed by atoms with E-state index in [0.717, 1.165) is 35.0 Å². The molecular formula is C18H13ClN4O. The molecule has 3 aromatic rings. The van der Waals surface area contributed by atoms with Crippen LogP contribution in [0.4, 0.5) is 0 Å². The molecule has 2 aromatic heterocycles. The number of amides is 1. The second kappa shape index (κ2) is 5.66. The molecule has 4 rings (SSSR count). The summed E-state index contributed by atoms with van der Waals surface area (Å²) in [5.41, 5.74) is 3.88. The molecule has 0 aliphatic carbocycles. The van der Waals surface area contributed by atoms with Gasteiger partial charge in [-0.2, -0.15) is 5.26 Å². The Balaban J connectivity index is 2.08. The van der Waals surface area contributed by atoms with Crippen LogP contribution in [0.25, 0.3) is 22.0 Å². The van der Waals surface area contributed by atoms with Crippen molar-refractivity contribution in [3.63, 3.8) is 0 Å². The van der Waals surface area contributed by atoms with Crippen LogP contribution in [0, 0.1) is 11.3 Å². The lowest BCUT2D eigenvalue weighted by atomic mass is 10.0. The van der Waals surface area contributed by atoms with Crippen LogP contribution in [-0.2, 0) is 6.54 Å². The minimum atomic E-state index is -0.0825. The SMILES string of the molecule is N#Cc1cc(-c2ccnc(Cl)c2)c2c(c1)cc1n2CCCNC1=O. The molecule has 3 heterocycles. The van der Waals surface area contributed by atoms with E-state index < -0.39 is 0 Å².